The Morgan fingerprint density at radius 1 is 1.22 bits per heavy atom. The predicted molar refractivity (Wildman–Crippen MR) is 96.7 cm³/mol. The van der Waals surface area contributed by atoms with E-state index < -0.39 is 27.7 Å². The summed E-state index contributed by atoms with van der Waals surface area (Å²) in [6.45, 7) is 4.42. The van der Waals surface area contributed by atoms with Gasteiger partial charge in [-0.1, -0.05) is 13.8 Å². The highest BCUT2D eigenvalue weighted by Crippen LogP contribution is 2.24. The number of ether oxygens (including phenoxy) is 1. The number of esters is 1. The summed E-state index contributed by atoms with van der Waals surface area (Å²) >= 11 is 0. The van der Waals surface area contributed by atoms with Crippen LogP contribution in [0.4, 0.5) is 4.39 Å². The Labute approximate surface area is 158 Å². The first kappa shape index (κ1) is 21.3. The molecule has 27 heavy (non-hydrogen) atoms. The van der Waals surface area contributed by atoms with Crippen LogP contribution in [0.1, 0.15) is 26.7 Å². The highest BCUT2D eigenvalue weighted by molar-refractivity contribution is 7.89. The van der Waals surface area contributed by atoms with Crippen LogP contribution in [0, 0.1) is 17.7 Å². The number of carbonyl (C=O) groups excluding carboxylic acids is 2. The van der Waals surface area contributed by atoms with Crippen molar-refractivity contribution in [3.05, 3.63) is 30.1 Å². The fourth-order valence-electron chi connectivity index (χ4n) is 2.71. The normalized spacial score (nSPS) is 16.3. The predicted octanol–water partition coefficient (Wildman–Crippen LogP) is 1.54. The Bertz CT molecular complexity index is 756. The molecule has 0 bridgehead atoms. The number of rotatable bonds is 7. The number of nitrogens with one attached hydrogen (secondary N) is 1. The molecule has 1 aromatic carbocycles. The fourth-order valence-corrected chi connectivity index (χ4v) is 4.18. The minimum absolute atomic E-state index is 0.0201. The third-order valence-corrected chi connectivity index (χ3v) is 6.20. The molecule has 1 aromatic rings. The number of piperidine rings is 1. The second-order valence-electron chi connectivity index (χ2n) is 6.94. The number of halogens is 1. The van der Waals surface area contributed by atoms with Crippen molar-refractivity contribution in [2.24, 2.45) is 11.8 Å². The average molecular weight is 400 g/mol. The molecule has 1 aliphatic heterocycles. The van der Waals surface area contributed by atoms with E-state index in [-0.39, 0.29) is 30.5 Å². The van der Waals surface area contributed by atoms with Gasteiger partial charge in [0.15, 0.2) is 6.61 Å². The van der Waals surface area contributed by atoms with E-state index in [1.807, 2.05) is 13.8 Å². The van der Waals surface area contributed by atoms with Crippen LogP contribution in [0.5, 0.6) is 0 Å². The zero-order valence-electron chi connectivity index (χ0n) is 15.5. The van der Waals surface area contributed by atoms with Crippen molar-refractivity contribution in [1.82, 2.24) is 9.62 Å². The van der Waals surface area contributed by atoms with Gasteiger partial charge in [-0.3, -0.25) is 9.59 Å². The molecule has 1 amide bonds. The molecule has 2 rings (SSSR count). The molecule has 1 fully saturated rings. The quantitative estimate of drug-likeness (QED) is 0.701. The SMILES string of the molecule is CC(C)CNC(=O)COC(=O)C1CCN(S(=O)(=O)c2ccc(F)cc2)CC1. The van der Waals surface area contributed by atoms with Gasteiger partial charge in [-0.25, -0.2) is 12.8 Å². The molecular formula is C18H25FN2O5S. The number of nitrogens with zero attached hydrogens (tertiary/aromatic N) is 1. The summed E-state index contributed by atoms with van der Waals surface area (Å²) in [5, 5.41) is 2.66. The Morgan fingerprint density at radius 3 is 2.37 bits per heavy atom. The molecule has 0 saturated carbocycles. The minimum atomic E-state index is -3.72. The van der Waals surface area contributed by atoms with Crippen molar-refractivity contribution in [3.8, 4) is 0 Å². The third-order valence-electron chi connectivity index (χ3n) is 4.29. The van der Waals surface area contributed by atoms with Gasteiger partial charge in [0.05, 0.1) is 10.8 Å². The summed E-state index contributed by atoms with van der Waals surface area (Å²) in [5.74, 6) is -1.49. The van der Waals surface area contributed by atoms with Crippen molar-refractivity contribution >= 4 is 21.9 Å². The van der Waals surface area contributed by atoms with E-state index in [0.29, 0.717) is 25.3 Å². The largest absolute Gasteiger partial charge is 0.455 e. The van der Waals surface area contributed by atoms with Crippen LogP contribution in [-0.4, -0.2) is 50.8 Å². The molecule has 1 heterocycles. The van der Waals surface area contributed by atoms with Crippen molar-refractivity contribution in [2.45, 2.75) is 31.6 Å². The van der Waals surface area contributed by atoms with Gasteiger partial charge >= 0.3 is 5.97 Å². The molecule has 150 valence electrons. The second kappa shape index (κ2) is 9.27. The van der Waals surface area contributed by atoms with E-state index in [1.165, 1.54) is 16.4 Å². The van der Waals surface area contributed by atoms with Crippen LogP contribution in [-0.2, 0) is 24.3 Å². The fraction of sp³-hybridized carbons (Fsp3) is 0.556. The average Bonchev–Trinajstić information content (AvgIpc) is 2.64. The molecule has 0 atom stereocenters. The van der Waals surface area contributed by atoms with E-state index in [2.05, 4.69) is 5.32 Å². The highest BCUT2D eigenvalue weighted by Gasteiger charge is 2.33. The van der Waals surface area contributed by atoms with Gasteiger partial charge in [0, 0.05) is 19.6 Å². The lowest BCUT2D eigenvalue weighted by Gasteiger charge is -2.30. The lowest BCUT2D eigenvalue weighted by Crippen LogP contribution is -2.41. The van der Waals surface area contributed by atoms with E-state index in [1.54, 1.807) is 0 Å². The Kier molecular flexibility index (Phi) is 7.32. The maximum Gasteiger partial charge on any atom is 0.309 e. The van der Waals surface area contributed by atoms with Gasteiger partial charge < -0.3 is 10.1 Å². The molecule has 0 aliphatic carbocycles. The standard InChI is InChI=1S/C18H25FN2O5S/c1-13(2)11-20-17(22)12-26-18(23)14-7-9-21(10-8-14)27(24,25)16-5-3-15(19)4-6-16/h3-6,13-14H,7-12H2,1-2H3,(H,20,22). The van der Waals surface area contributed by atoms with Crippen molar-refractivity contribution in [2.75, 3.05) is 26.2 Å². The molecule has 0 radical (unpaired) electrons. The van der Waals surface area contributed by atoms with Crippen LogP contribution in [0.15, 0.2) is 29.2 Å². The van der Waals surface area contributed by atoms with Crippen molar-refractivity contribution in [3.63, 3.8) is 0 Å². The molecule has 7 nitrogen and oxygen atoms in total. The smallest absolute Gasteiger partial charge is 0.309 e. The lowest BCUT2D eigenvalue weighted by atomic mass is 9.98. The number of benzene rings is 1. The zero-order valence-corrected chi connectivity index (χ0v) is 16.3. The van der Waals surface area contributed by atoms with Crippen LogP contribution in [0.3, 0.4) is 0 Å². The van der Waals surface area contributed by atoms with E-state index in [0.717, 1.165) is 12.1 Å². The van der Waals surface area contributed by atoms with E-state index in [9.17, 15) is 22.4 Å². The van der Waals surface area contributed by atoms with Gasteiger partial charge in [0.1, 0.15) is 5.82 Å². The maximum absolute atomic E-state index is 13.0. The summed E-state index contributed by atoms with van der Waals surface area (Å²) in [4.78, 5) is 23.7. The number of amides is 1. The van der Waals surface area contributed by atoms with Gasteiger partial charge in [-0.05, 0) is 43.0 Å². The molecule has 1 N–H and O–H groups in total. The first-order valence-electron chi connectivity index (χ1n) is 8.89. The molecular weight excluding hydrogens is 375 g/mol. The molecule has 0 aromatic heterocycles. The van der Waals surface area contributed by atoms with Gasteiger partial charge in [-0.15, -0.1) is 0 Å². The Morgan fingerprint density at radius 2 is 1.81 bits per heavy atom. The Hall–Kier alpha value is -2.00. The van der Waals surface area contributed by atoms with Crippen LogP contribution >= 0.6 is 0 Å². The first-order valence-corrected chi connectivity index (χ1v) is 10.3. The summed E-state index contributed by atoms with van der Waals surface area (Å²) in [5.41, 5.74) is 0. The van der Waals surface area contributed by atoms with E-state index >= 15 is 0 Å². The molecule has 9 heteroatoms. The van der Waals surface area contributed by atoms with Gasteiger partial charge in [0.25, 0.3) is 5.91 Å². The number of carbonyl (C=O) groups is 2. The van der Waals surface area contributed by atoms with Gasteiger partial charge in [0.2, 0.25) is 10.0 Å². The molecule has 1 saturated heterocycles. The summed E-state index contributed by atoms with van der Waals surface area (Å²) in [7, 11) is -3.72. The Balaban J connectivity index is 1.83. The monoisotopic (exact) mass is 400 g/mol. The maximum atomic E-state index is 13.0. The van der Waals surface area contributed by atoms with Crippen molar-refractivity contribution in [1.29, 1.82) is 0 Å². The first-order chi connectivity index (χ1) is 12.7. The zero-order chi connectivity index (χ0) is 20.0. The summed E-state index contributed by atoms with van der Waals surface area (Å²) in [6, 6.07) is 4.64. The molecule has 0 spiro atoms. The summed E-state index contributed by atoms with van der Waals surface area (Å²) in [6.07, 6.45) is 0.625. The van der Waals surface area contributed by atoms with Gasteiger partial charge in [-0.2, -0.15) is 4.31 Å². The third kappa shape index (κ3) is 6.00. The van der Waals surface area contributed by atoms with Crippen molar-refractivity contribution < 1.29 is 27.1 Å². The topological polar surface area (TPSA) is 92.8 Å². The second-order valence-corrected chi connectivity index (χ2v) is 8.88. The van der Waals surface area contributed by atoms with Crippen LogP contribution < -0.4 is 5.32 Å². The number of hydrogen-bond acceptors (Lipinski definition) is 5. The van der Waals surface area contributed by atoms with Crippen LogP contribution in [0.2, 0.25) is 0 Å². The molecule has 1 aliphatic rings. The van der Waals surface area contributed by atoms with Crippen LogP contribution in [0.25, 0.3) is 0 Å². The highest BCUT2D eigenvalue weighted by atomic mass is 32.2. The molecule has 0 unspecified atom stereocenters. The minimum Gasteiger partial charge on any atom is -0.455 e. The number of hydrogen-bond donors (Lipinski definition) is 1. The summed E-state index contributed by atoms with van der Waals surface area (Å²) < 4.78 is 44.4. The number of sulfonamides is 1. The van der Waals surface area contributed by atoms with E-state index in [4.69, 9.17) is 4.74 Å². The lowest BCUT2D eigenvalue weighted by molar-refractivity contribution is -0.153.